The normalized spacial score (nSPS) is 21.8. The van der Waals surface area contributed by atoms with Crippen LogP contribution < -0.4 is 10.2 Å². The minimum atomic E-state index is 0.246. The lowest BCUT2D eigenvalue weighted by Crippen LogP contribution is -2.47. The number of carbonyl (C=O) groups is 1. The van der Waals surface area contributed by atoms with Gasteiger partial charge in [0.2, 0.25) is 5.91 Å². The highest BCUT2D eigenvalue weighted by Crippen LogP contribution is 2.22. The van der Waals surface area contributed by atoms with E-state index in [0.29, 0.717) is 11.7 Å². The lowest BCUT2D eigenvalue weighted by molar-refractivity contribution is -0.119. The fraction of sp³-hybridized carbons (Fsp3) is 0.600. The summed E-state index contributed by atoms with van der Waals surface area (Å²) >= 11 is 2.07. The molecule has 0 saturated carbocycles. The summed E-state index contributed by atoms with van der Waals surface area (Å²) < 4.78 is 0. The molecule has 2 saturated heterocycles. The Hall–Kier alpha value is -1.69. The Labute approximate surface area is 161 Å². The van der Waals surface area contributed by atoms with Crippen molar-refractivity contribution in [3.05, 3.63) is 29.8 Å². The highest BCUT2D eigenvalue weighted by Gasteiger charge is 2.22. The molecular weight excluding hydrogens is 344 g/mol. The molecule has 0 bridgehead atoms. The molecular formula is C20H30N4OS. The van der Waals surface area contributed by atoms with Crippen molar-refractivity contribution in [1.82, 2.24) is 10.2 Å². The third-order valence-electron chi connectivity index (χ3n) is 5.13. The van der Waals surface area contributed by atoms with E-state index < -0.39 is 0 Å². The number of piperidine rings is 1. The summed E-state index contributed by atoms with van der Waals surface area (Å²) in [6.07, 6.45) is 3.99. The number of hydrogen-bond acceptors (Lipinski definition) is 3. The Kier molecular flexibility index (Phi) is 6.83. The van der Waals surface area contributed by atoms with Crippen LogP contribution in [0.2, 0.25) is 0 Å². The van der Waals surface area contributed by atoms with E-state index in [-0.39, 0.29) is 5.91 Å². The molecule has 3 rings (SSSR count). The van der Waals surface area contributed by atoms with E-state index in [4.69, 9.17) is 0 Å². The monoisotopic (exact) mass is 374 g/mol. The highest BCUT2D eigenvalue weighted by molar-refractivity contribution is 8.00. The van der Waals surface area contributed by atoms with Crippen LogP contribution in [0, 0.1) is 0 Å². The maximum Gasteiger partial charge on any atom is 0.226 e. The summed E-state index contributed by atoms with van der Waals surface area (Å²) in [6, 6.07) is 8.35. The first-order valence-corrected chi connectivity index (χ1v) is 10.7. The van der Waals surface area contributed by atoms with Crippen molar-refractivity contribution in [2.75, 3.05) is 37.3 Å². The number of benzene rings is 1. The summed E-state index contributed by atoms with van der Waals surface area (Å²) in [4.78, 5) is 20.8. The number of anilines is 1. The number of thioether (sulfide) groups is 1. The van der Waals surface area contributed by atoms with Crippen LogP contribution in [0.1, 0.15) is 38.2 Å². The quantitative estimate of drug-likeness (QED) is 0.650. The third-order valence-corrected chi connectivity index (χ3v) is 6.50. The van der Waals surface area contributed by atoms with Gasteiger partial charge in [-0.2, -0.15) is 11.8 Å². The summed E-state index contributed by atoms with van der Waals surface area (Å²) in [5.74, 6) is 2.40. The number of nitrogens with zero attached hydrogens (tertiary/aromatic N) is 3. The number of hydrogen-bond donors (Lipinski definition) is 1. The second-order valence-electron chi connectivity index (χ2n) is 6.92. The van der Waals surface area contributed by atoms with Gasteiger partial charge in [0.25, 0.3) is 0 Å². The van der Waals surface area contributed by atoms with Gasteiger partial charge in [-0.3, -0.25) is 9.79 Å². The van der Waals surface area contributed by atoms with Gasteiger partial charge in [-0.15, -0.1) is 0 Å². The van der Waals surface area contributed by atoms with Gasteiger partial charge in [-0.25, -0.2) is 0 Å². The number of amides is 1. The molecule has 5 nitrogen and oxygen atoms in total. The average molecular weight is 375 g/mol. The van der Waals surface area contributed by atoms with Crippen molar-refractivity contribution in [1.29, 1.82) is 0 Å². The molecule has 0 aliphatic carbocycles. The van der Waals surface area contributed by atoms with Crippen molar-refractivity contribution in [2.24, 2.45) is 4.99 Å². The van der Waals surface area contributed by atoms with Crippen LogP contribution in [0.3, 0.4) is 0 Å². The molecule has 6 heteroatoms. The van der Waals surface area contributed by atoms with Gasteiger partial charge >= 0.3 is 0 Å². The van der Waals surface area contributed by atoms with Gasteiger partial charge in [0.1, 0.15) is 0 Å². The first-order valence-electron chi connectivity index (χ1n) is 9.67. The molecule has 0 spiro atoms. The van der Waals surface area contributed by atoms with Crippen molar-refractivity contribution in [2.45, 2.75) is 44.4 Å². The zero-order valence-electron chi connectivity index (χ0n) is 15.9. The average Bonchev–Trinajstić information content (AvgIpc) is 2.69. The van der Waals surface area contributed by atoms with Gasteiger partial charge in [0.15, 0.2) is 5.96 Å². The topological polar surface area (TPSA) is 47.9 Å². The van der Waals surface area contributed by atoms with Gasteiger partial charge in [0.05, 0.1) is 0 Å². The molecule has 26 heavy (non-hydrogen) atoms. The smallest absolute Gasteiger partial charge is 0.226 e. The molecule has 1 aromatic carbocycles. The second-order valence-corrected chi connectivity index (χ2v) is 8.33. The Morgan fingerprint density at radius 3 is 2.77 bits per heavy atom. The van der Waals surface area contributed by atoms with E-state index in [9.17, 15) is 4.79 Å². The Bertz CT molecular complexity index is 631. The molecule has 1 atom stereocenters. The number of rotatable bonds is 4. The molecule has 1 N–H and O–H groups in total. The van der Waals surface area contributed by atoms with Crippen LogP contribution in [-0.4, -0.2) is 54.5 Å². The van der Waals surface area contributed by atoms with E-state index in [0.717, 1.165) is 56.4 Å². The molecule has 2 heterocycles. The van der Waals surface area contributed by atoms with Crippen LogP contribution in [0.5, 0.6) is 0 Å². The molecule has 1 amide bonds. The zero-order chi connectivity index (χ0) is 18.4. The van der Waals surface area contributed by atoms with E-state index in [1.807, 2.05) is 11.9 Å². The lowest BCUT2D eigenvalue weighted by atomic mass is 10.1. The lowest BCUT2D eigenvalue weighted by Gasteiger charge is -2.34. The summed E-state index contributed by atoms with van der Waals surface area (Å²) in [5.41, 5.74) is 2.22. The first-order chi connectivity index (χ1) is 12.7. The second kappa shape index (κ2) is 9.31. The SMILES string of the molecule is CCC1CN(C(=NC)NCc2ccc(N3CCCCC3=O)cc2)CCS1. The Morgan fingerprint density at radius 1 is 1.27 bits per heavy atom. The molecule has 1 aromatic rings. The van der Waals surface area contributed by atoms with Gasteiger partial charge in [0, 0.05) is 56.3 Å². The van der Waals surface area contributed by atoms with E-state index in [1.165, 1.54) is 12.0 Å². The number of aliphatic imine (C=N–C) groups is 1. The van der Waals surface area contributed by atoms with Gasteiger partial charge < -0.3 is 15.1 Å². The molecule has 2 fully saturated rings. The van der Waals surface area contributed by atoms with Crippen molar-refractivity contribution < 1.29 is 4.79 Å². The number of carbonyl (C=O) groups excluding carboxylic acids is 1. The zero-order valence-corrected chi connectivity index (χ0v) is 16.7. The standard InChI is InChI=1S/C20H30N4OS/c1-3-18-15-23(12-13-26-18)20(21-2)22-14-16-7-9-17(10-8-16)24-11-5-4-6-19(24)25/h7-10,18H,3-6,11-15H2,1-2H3,(H,21,22). The first kappa shape index (κ1) is 19.1. The van der Waals surface area contributed by atoms with Crippen molar-refractivity contribution in [3.8, 4) is 0 Å². The van der Waals surface area contributed by atoms with E-state index >= 15 is 0 Å². The molecule has 2 aliphatic rings. The molecule has 0 aromatic heterocycles. The van der Waals surface area contributed by atoms with Crippen LogP contribution in [0.25, 0.3) is 0 Å². The summed E-state index contributed by atoms with van der Waals surface area (Å²) in [5, 5.41) is 4.19. The fourth-order valence-corrected chi connectivity index (χ4v) is 4.72. The highest BCUT2D eigenvalue weighted by atomic mass is 32.2. The Morgan fingerprint density at radius 2 is 2.08 bits per heavy atom. The maximum atomic E-state index is 12.1. The van der Waals surface area contributed by atoms with Crippen LogP contribution in [0.15, 0.2) is 29.3 Å². The number of guanidine groups is 1. The minimum Gasteiger partial charge on any atom is -0.352 e. The number of nitrogens with one attached hydrogen (secondary N) is 1. The van der Waals surface area contributed by atoms with Gasteiger partial charge in [-0.05, 0) is 37.0 Å². The van der Waals surface area contributed by atoms with Crippen LogP contribution >= 0.6 is 11.8 Å². The van der Waals surface area contributed by atoms with Gasteiger partial charge in [-0.1, -0.05) is 19.1 Å². The molecule has 1 unspecified atom stereocenters. The van der Waals surface area contributed by atoms with E-state index in [2.05, 4.69) is 58.2 Å². The molecule has 142 valence electrons. The van der Waals surface area contributed by atoms with Crippen molar-refractivity contribution >= 4 is 29.3 Å². The van der Waals surface area contributed by atoms with Crippen LogP contribution in [-0.2, 0) is 11.3 Å². The largest absolute Gasteiger partial charge is 0.352 e. The predicted molar refractivity (Wildman–Crippen MR) is 111 cm³/mol. The minimum absolute atomic E-state index is 0.246. The summed E-state index contributed by atoms with van der Waals surface area (Å²) in [7, 11) is 1.86. The van der Waals surface area contributed by atoms with E-state index in [1.54, 1.807) is 0 Å². The fourth-order valence-electron chi connectivity index (χ4n) is 3.54. The molecule has 0 radical (unpaired) electrons. The summed E-state index contributed by atoms with van der Waals surface area (Å²) in [6.45, 7) is 5.97. The van der Waals surface area contributed by atoms with Crippen molar-refractivity contribution in [3.63, 3.8) is 0 Å². The molecule has 2 aliphatic heterocycles. The maximum absolute atomic E-state index is 12.1. The predicted octanol–water partition coefficient (Wildman–Crippen LogP) is 3.11. The third kappa shape index (κ3) is 4.72. The van der Waals surface area contributed by atoms with Crippen LogP contribution in [0.4, 0.5) is 5.69 Å². The Balaban J connectivity index is 1.56.